The highest BCUT2D eigenvalue weighted by Crippen LogP contribution is 2.40. The van der Waals surface area contributed by atoms with Crippen LogP contribution >= 0.6 is 11.3 Å². The molecule has 1 heterocycles. The lowest BCUT2D eigenvalue weighted by Crippen LogP contribution is -2.11. The molecule has 0 unspecified atom stereocenters. The number of para-hydroxylation sites is 1. The zero-order valence-corrected chi connectivity index (χ0v) is 18.2. The third-order valence-corrected chi connectivity index (χ3v) is 5.50. The number of thiophene rings is 1. The lowest BCUT2D eigenvalue weighted by Gasteiger charge is -2.08. The van der Waals surface area contributed by atoms with E-state index in [0.717, 1.165) is 10.4 Å². The second-order valence-electron chi connectivity index (χ2n) is 6.53. The van der Waals surface area contributed by atoms with Gasteiger partial charge in [-0.25, -0.2) is 9.18 Å². The van der Waals surface area contributed by atoms with Crippen LogP contribution in [0.3, 0.4) is 0 Å². The van der Waals surface area contributed by atoms with E-state index >= 15 is 0 Å². The molecule has 0 saturated carbocycles. The van der Waals surface area contributed by atoms with E-state index in [0.29, 0.717) is 28.5 Å². The smallest absolute Gasteiger partial charge is 0.341 e. The molecule has 0 aliphatic heterocycles. The fraction of sp³-hybridized carbons (Fsp3) is 0.167. The van der Waals surface area contributed by atoms with Crippen molar-refractivity contribution in [3.05, 3.63) is 76.4 Å². The number of halogens is 1. The Morgan fingerprint density at radius 3 is 2.52 bits per heavy atom. The van der Waals surface area contributed by atoms with Crippen LogP contribution in [-0.4, -0.2) is 25.6 Å². The fourth-order valence-corrected chi connectivity index (χ4v) is 4.19. The molecule has 0 fully saturated rings. The Labute approximate surface area is 184 Å². The average Bonchev–Trinajstić information content (AvgIpc) is 3.08. The van der Waals surface area contributed by atoms with E-state index in [1.807, 2.05) is 38.1 Å². The summed E-state index contributed by atoms with van der Waals surface area (Å²) in [5.41, 5.74) is 2.28. The Balaban J connectivity index is 1.91. The second kappa shape index (κ2) is 10.0. The number of carbonyl (C=O) groups is 2. The predicted octanol–water partition coefficient (Wildman–Crippen LogP) is 5.70. The average molecular weight is 440 g/mol. The van der Waals surface area contributed by atoms with Gasteiger partial charge in [0, 0.05) is 22.1 Å². The normalized spacial score (nSPS) is 10.8. The fourth-order valence-electron chi connectivity index (χ4n) is 3.12. The molecule has 5 nitrogen and oxygen atoms in total. The van der Waals surface area contributed by atoms with Gasteiger partial charge in [-0.05, 0) is 43.7 Å². The number of hydrogen-bond donors (Lipinski definition) is 1. The first-order valence-electron chi connectivity index (χ1n) is 9.63. The molecule has 160 valence electrons. The number of aryl methyl sites for hydroxylation is 1. The van der Waals surface area contributed by atoms with Crippen LogP contribution < -0.4 is 10.1 Å². The number of rotatable bonds is 7. The van der Waals surface area contributed by atoms with E-state index in [1.54, 1.807) is 18.2 Å². The first-order chi connectivity index (χ1) is 14.9. The van der Waals surface area contributed by atoms with Crippen molar-refractivity contribution >= 4 is 34.3 Å². The van der Waals surface area contributed by atoms with Gasteiger partial charge in [0.25, 0.3) is 0 Å². The van der Waals surface area contributed by atoms with Gasteiger partial charge in [0.15, 0.2) is 0 Å². The Morgan fingerprint density at radius 2 is 1.84 bits per heavy atom. The van der Waals surface area contributed by atoms with Crippen molar-refractivity contribution in [3.63, 3.8) is 0 Å². The maximum Gasteiger partial charge on any atom is 0.341 e. The van der Waals surface area contributed by atoms with Crippen LogP contribution in [0.2, 0.25) is 0 Å². The van der Waals surface area contributed by atoms with Crippen molar-refractivity contribution in [1.82, 2.24) is 0 Å². The molecule has 1 amide bonds. The van der Waals surface area contributed by atoms with Gasteiger partial charge >= 0.3 is 5.97 Å². The van der Waals surface area contributed by atoms with Crippen molar-refractivity contribution in [2.75, 3.05) is 19.0 Å². The molecular weight excluding hydrogens is 417 g/mol. The van der Waals surface area contributed by atoms with Gasteiger partial charge in [-0.15, -0.1) is 11.3 Å². The lowest BCUT2D eigenvalue weighted by atomic mass is 10.0. The predicted molar refractivity (Wildman–Crippen MR) is 121 cm³/mol. The molecule has 2 aromatic carbocycles. The molecule has 1 N–H and O–H groups in total. The number of ether oxygens (including phenoxy) is 2. The van der Waals surface area contributed by atoms with Crippen LogP contribution in [0.1, 0.15) is 27.7 Å². The van der Waals surface area contributed by atoms with E-state index in [-0.39, 0.29) is 11.4 Å². The molecule has 3 aromatic rings. The summed E-state index contributed by atoms with van der Waals surface area (Å²) in [7, 11) is 1.28. The van der Waals surface area contributed by atoms with E-state index < -0.39 is 11.9 Å². The molecule has 7 heteroatoms. The molecule has 1 aromatic heterocycles. The van der Waals surface area contributed by atoms with Gasteiger partial charge < -0.3 is 14.8 Å². The van der Waals surface area contributed by atoms with E-state index in [2.05, 4.69) is 5.32 Å². The minimum Gasteiger partial charge on any atom is -0.493 e. The molecule has 0 aliphatic carbocycles. The number of methoxy groups -OCH3 is 1. The van der Waals surface area contributed by atoms with Crippen molar-refractivity contribution in [2.45, 2.75) is 13.8 Å². The third-order valence-electron chi connectivity index (χ3n) is 4.48. The van der Waals surface area contributed by atoms with Crippen LogP contribution in [0.15, 0.2) is 54.6 Å². The van der Waals surface area contributed by atoms with Gasteiger partial charge in [-0.2, -0.15) is 0 Å². The van der Waals surface area contributed by atoms with Gasteiger partial charge in [-0.3, -0.25) is 4.79 Å². The number of anilines is 1. The van der Waals surface area contributed by atoms with Crippen molar-refractivity contribution in [3.8, 4) is 16.9 Å². The van der Waals surface area contributed by atoms with Crippen LogP contribution in [0.4, 0.5) is 9.39 Å². The summed E-state index contributed by atoms with van der Waals surface area (Å²) >= 11 is 1.26. The molecule has 0 bridgehead atoms. The third kappa shape index (κ3) is 5.19. The molecule has 0 atom stereocenters. The molecule has 31 heavy (non-hydrogen) atoms. The van der Waals surface area contributed by atoms with Crippen LogP contribution in [0, 0.1) is 12.7 Å². The second-order valence-corrected chi connectivity index (χ2v) is 7.75. The first kappa shape index (κ1) is 22.2. The molecule has 0 radical (unpaired) electrons. The maximum atomic E-state index is 13.3. The number of esters is 1. The summed E-state index contributed by atoms with van der Waals surface area (Å²) in [4.78, 5) is 25.9. The Morgan fingerprint density at radius 1 is 1.13 bits per heavy atom. The molecule has 0 saturated heterocycles. The van der Waals surface area contributed by atoms with E-state index in [4.69, 9.17) is 9.47 Å². The Kier molecular flexibility index (Phi) is 7.20. The number of amides is 1. The SMILES string of the molecule is CCOc1ccccc1/C=C/C(=O)Nc1sc(C)c(-c2ccc(F)cc2)c1C(=O)OC. The number of benzene rings is 2. The summed E-state index contributed by atoms with van der Waals surface area (Å²) in [6.45, 7) is 4.24. The van der Waals surface area contributed by atoms with Crippen LogP contribution in [-0.2, 0) is 9.53 Å². The Bertz CT molecular complexity index is 1120. The topological polar surface area (TPSA) is 64.6 Å². The molecule has 3 rings (SSSR count). The highest BCUT2D eigenvalue weighted by atomic mass is 32.1. The molecule has 0 spiro atoms. The van der Waals surface area contributed by atoms with Gasteiger partial charge in [0.2, 0.25) is 5.91 Å². The summed E-state index contributed by atoms with van der Waals surface area (Å²) in [5.74, 6) is -0.676. The van der Waals surface area contributed by atoms with Crippen LogP contribution in [0.25, 0.3) is 17.2 Å². The summed E-state index contributed by atoms with van der Waals surface area (Å²) < 4.78 is 23.8. The quantitative estimate of drug-likeness (QED) is 0.379. The monoisotopic (exact) mass is 439 g/mol. The summed E-state index contributed by atoms with van der Waals surface area (Å²) in [6.07, 6.45) is 3.03. The highest BCUT2D eigenvalue weighted by molar-refractivity contribution is 7.17. The Hall–Kier alpha value is -3.45. The summed E-state index contributed by atoms with van der Waals surface area (Å²) in [5, 5.41) is 3.14. The number of nitrogens with one attached hydrogen (secondary N) is 1. The largest absolute Gasteiger partial charge is 0.493 e. The van der Waals surface area contributed by atoms with Crippen LogP contribution in [0.5, 0.6) is 5.75 Å². The van der Waals surface area contributed by atoms with E-state index in [1.165, 1.54) is 36.7 Å². The zero-order chi connectivity index (χ0) is 22.4. The van der Waals surface area contributed by atoms with Crippen molar-refractivity contribution in [1.29, 1.82) is 0 Å². The number of hydrogen-bond acceptors (Lipinski definition) is 5. The number of carbonyl (C=O) groups excluding carboxylic acids is 2. The van der Waals surface area contributed by atoms with Crippen molar-refractivity contribution < 1.29 is 23.5 Å². The van der Waals surface area contributed by atoms with Gasteiger partial charge in [0.1, 0.15) is 22.1 Å². The standard InChI is InChI=1S/C24H22FNO4S/c1-4-30-19-8-6-5-7-16(19)11-14-20(27)26-23-22(24(28)29-3)21(15(2)31-23)17-9-12-18(25)13-10-17/h5-14H,4H2,1-3H3,(H,26,27)/b14-11+. The summed E-state index contributed by atoms with van der Waals surface area (Å²) in [6, 6.07) is 13.2. The first-order valence-corrected chi connectivity index (χ1v) is 10.4. The van der Waals surface area contributed by atoms with Gasteiger partial charge in [0.05, 0.1) is 13.7 Å². The molecule has 0 aliphatic rings. The van der Waals surface area contributed by atoms with Gasteiger partial charge in [-0.1, -0.05) is 30.3 Å². The maximum absolute atomic E-state index is 13.3. The van der Waals surface area contributed by atoms with E-state index in [9.17, 15) is 14.0 Å². The molecular formula is C24H22FNO4S. The zero-order valence-electron chi connectivity index (χ0n) is 17.4. The minimum atomic E-state index is -0.579. The lowest BCUT2D eigenvalue weighted by molar-refractivity contribution is -0.111. The minimum absolute atomic E-state index is 0.244. The van der Waals surface area contributed by atoms with Crippen molar-refractivity contribution in [2.24, 2.45) is 0 Å². The highest BCUT2D eigenvalue weighted by Gasteiger charge is 2.24.